The second kappa shape index (κ2) is 7.77. The van der Waals surface area contributed by atoms with Gasteiger partial charge in [0.15, 0.2) is 11.5 Å². The summed E-state index contributed by atoms with van der Waals surface area (Å²) >= 11 is 3.32. The monoisotopic (exact) mass is 412 g/mol. The third-order valence-electron chi connectivity index (χ3n) is 3.82. The van der Waals surface area contributed by atoms with Gasteiger partial charge in [0.05, 0.1) is 29.8 Å². The number of methoxy groups -OCH3 is 1. The number of carbonyl (C=O) groups excluding carboxylic acids is 2. The highest BCUT2D eigenvalue weighted by molar-refractivity contribution is 9.10. The Morgan fingerprint density at radius 1 is 1.40 bits per heavy atom. The average Bonchev–Trinajstić information content (AvgIpc) is 2.56. The van der Waals surface area contributed by atoms with E-state index in [9.17, 15) is 14.7 Å². The third kappa shape index (κ3) is 3.73. The maximum atomic E-state index is 12.5. The van der Waals surface area contributed by atoms with Crippen molar-refractivity contribution < 1.29 is 24.2 Å². The summed E-state index contributed by atoms with van der Waals surface area (Å²) in [6.45, 7) is 5.67. The van der Waals surface area contributed by atoms with E-state index >= 15 is 0 Å². The first-order valence-corrected chi connectivity index (χ1v) is 8.65. The standard InChI is InChI=1S/C17H21BrN2O5/c1-5-25-16(22)11-13(8(2)3)19-17(23)20-14(11)9-6-7-10(24-4)15(21)12(9)18/h6-8,14,21H,5H2,1-4H3,(H2,19,20,23). The van der Waals surface area contributed by atoms with Crippen molar-refractivity contribution in [3.63, 3.8) is 0 Å². The van der Waals surface area contributed by atoms with Crippen LogP contribution in [0.15, 0.2) is 27.9 Å². The first-order valence-electron chi connectivity index (χ1n) is 7.85. The molecule has 8 heteroatoms. The number of phenols is 1. The minimum Gasteiger partial charge on any atom is -0.503 e. The summed E-state index contributed by atoms with van der Waals surface area (Å²) in [5, 5.41) is 15.7. The highest BCUT2D eigenvalue weighted by atomic mass is 79.9. The van der Waals surface area contributed by atoms with Gasteiger partial charge in [0.2, 0.25) is 0 Å². The number of halogens is 1. The predicted molar refractivity (Wildman–Crippen MR) is 95.3 cm³/mol. The van der Waals surface area contributed by atoms with Crippen LogP contribution in [0.3, 0.4) is 0 Å². The van der Waals surface area contributed by atoms with Crippen molar-refractivity contribution in [2.24, 2.45) is 5.92 Å². The molecule has 1 heterocycles. The average molecular weight is 413 g/mol. The molecule has 25 heavy (non-hydrogen) atoms. The lowest BCUT2D eigenvalue weighted by Gasteiger charge is -2.31. The third-order valence-corrected chi connectivity index (χ3v) is 4.65. The largest absolute Gasteiger partial charge is 0.503 e. The molecule has 1 aliphatic rings. The van der Waals surface area contributed by atoms with Gasteiger partial charge in [0, 0.05) is 5.70 Å². The molecule has 0 bridgehead atoms. The van der Waals surface area contributed by atoms with Crippen LogP contribution in [-0.2, 0) is 9.53 Å². The molecular weight excluding hydrogens is 392 g/mol. The molecule has 0 saturated heterocycles. The number of rotatable bonds is 5. The molecule has 2 amide bonds. The van der Waals surface area contributed by atoms with E-state index in [0.29, 0.717) is 21.3 Å². The van der Waals surface area contributed by atoms with E-state index in [0.717, 1.165) is 0 Å². The van der Waals surface area contributed by atoms with Gasteiger partial charge in [-0.1, -0.05) is 19.9 Å². The fourth-order valence-electron chi connectivity index (χ4n) is 2.66. The van der Waals surface area contributed by atoms with Crippen LogP contribution in [-0.4, -0.2) is 30.8 Å². The molecular formula is C17H21BrN2O5. The van der Waals surface area contributed by atoms with Crippen molar-refractivity contribution in [2.75, 3.05) is 13.7 Å². The number of allylic oxidation sites excluding steroid dienone is 1. The number of amides is 2. The number of carbonyl (C=O) groups is 2. The van der Waals surface area contributed by atoms with Crippen LogP contribution in [0.2, 0.25) is 0 Å². The van der Waals surface area contributed by atoms with E-state index in [2.05, 4.69) is 26.6 Å². The normalized spacial score (nSPS) is 17.2. The van der Waals surface area contributed by atoms with Gasteiger partial charge in [-0.05, 0) is 40.4 Å². The maximum Gasteiger partial charge on any atom is 0.338 e. The van der Waals surface area contributed by atoms with Gasteiger partial charge in [-0.2, -0.15) is 0 Å². The molecule has 1 aromatic carbocycles. The number of ether oxygens (including phenoxy) is 2. The van der Waals surface area contributed by atoms with Crippen LogP contribution in [0, 0.1) is 5.92 Å². The van der Waals surface area contributed by atoms with Gasteiger partial charge >= 0.3 is 12.0 Å². The predicted octanol–water partition coefficient (Wildman–Crippen LogP) is 2.99. The summed E-state index contributed by atoms with van der Waals surface area (Å²) in [5.74, 6) is -0.451. The quantitative estimate of drug-likeness (QED) is 0.645. The molecule has 136 valence electrons. The second-order valence-electron chi connectivity index (χ2n) is 5.75. The number of hydrogen-bond acceptors (Lipinski definition) is 5. The number of hydrogen-bond donors (Lipinski definition) is 3. The molecule has 7 nitrogen and oxygen atoms in total. The zero-order valence-corrected chi connectivity index (χ0v) is 16.1. The fourth-order valence-corrected chi connectivity index (χ4v) is 3.22. The Morgan fingerprint density at radius 2 is 2.08 bits per heavy atom. The molecule has 0 saturated carbocycles. The van der Waals surface area contributed by atoms with Crippen LogP contribution in [0.4, 0.5) is 4.79 Å². The van der Waals surface area contributed by atoms with Crippen LogP contribution in [0.1, 0.15) is 32.4 Å². The fraction of sp³-hybridized carbons (Fsp3) is 0.412. The molecule has 1 aliphatic heterocycles. The Balaban J connectivity index is 2.64. The summed E-state index contributed by atoms with van der Waals surface area (Å²) in [7, 11) is 1.44. The Bertz CT molecular complexity index is 730. The first-order chi connectivity index (χ1) is 11.8. The second-order valence-corrected chi connectivity index (χ2v) is 6.55. The van der Waals surface area contributed by atoms with Gasteiger partial charge in [-0.15, -0.1) is 0 Å². The summed E-state index contributed by atoms with van der Waals surface area (Å²) in [6.07, 6.45) is 0. The van der Waals surface area contributed by atoms with Crippen molar-refractivity contribution in [3.8, 4) is 11.5 Å². The molecule has 0 aromatic heterocycles. The van der Waals surface area contributed by atoms with E-state index in [-0.39, 0.29) is 24.0 Å². The van der Waals surface area contributed by atoms with E-state index in [1.54, 1.807) is 19.1 Å². The van der Waals surface area contributed by atoms with Crippen molar-refractivity contribution in [3.05, 3.63) is 33.4 Å². The Kier molecular flexibility index (Phi) is 5.94. The minimum atomic E-state index is -0.767. The summed E-state index contributed by atoms with van der Waals surface area (Å²) < 4.78 is 10.6. The van der Waals surface area contributed by atoms with Crippen molar-refractivity contribution in [1.29, 1.82) is 0 Å². The van der Waals surface area contributed by atoms with Gasteiger partial charge in [-0.25, -0.2) is 9.59 Å². The van der Waals surface area contributed by atoms with E-state index in [1.807, 2.05) is 13.8 Å². The summed E-state index contributed by atoms with van der Waals surface area (Å²) in [4.78, 5) is 24.6. The lowest BCUT2D eigenvalue weighted by Crippen LogP contribution is -2.47. The van der Waals surface area contributed by atoms with E-state index in [1.165, 1.54) is 7.11 Å². The SMILES string of the molecule is CCOC(=O)C1=C(C(C)C)NC(=O)NC1c1ccc(OC)c(O)c1Br. The first kappa shape index (κ1) is 19.1. The zero-order valence-electron chi connectivity index (χ0n) is 14.5. The molecule has 0 spiro atoms. The lowest BCUT2D eigenvalue weighted by molar-refractivity contribution is -0.139. The van der Waals surface area contributed by atoms with Crippen LogP contribution in [0.5, 0.6) is 11.5 Å². The number of aromatic hydroxyl groups is 1. The Morgan fingerprint density at radius 3 is 2.64 bits per heavy atom. The highest BCUT2D eigenvalue weighted by Crippen LogP contribution is 2.42. The highest BCUT2D eigenvalue weighted by Gasteiger charge is 2.36. The van der Waals surface area contributed by atoms with Crippen LogP contribution < -0.4 is 15.4 Å². The molecule has 1 atom stereocenters. The zero-order chi connectivity index (χ0) is 18.7. The smallest absolute Gasteiger partial charge is 0.338 e. The Hall–Kier alpha value is -2.22. The molecule has 3 N–H and O–H groups in total. The topological polar surface area (TPSA) is 96.9 Å². The van der Waals surface area contributed by atoms with Crippen molar-refractivity contribution in [1.82, 2.24) is 10.6 Å². The summed E-state index contributed by atoms with van der Waals surface area (Å²) in [6, 6.07) is 2.05. The van der Waals surface area contributed by atoms with Crippen LogP contribution >= 0.6 is 15.9 Å². The number of nitrogens with one attached hydrogen (secondary N) is 2. The number of benzene rings is 1. The maximum absolute atomic E-state index is 12.5. The minimum absolute atomic E-state index is 0.0985. The molecule has 0 aliphatic carbocycles. The van der Waals surface area contributed by atoms with Crippen molar-refractivity contribution in [2.45, 2.75) is 26.8 Å². The van der Waals surface area contributed by atoms with E-state index < -0.39 is 18.0 Å². The number of urea groups is 1. The summed E-state index contributed by atoms with van der Waals surface area (Å²) in [5.41, 5.74) is 1.32. The molecule has 2 rings (SSSR count). The Labute approximate surface area is 154 Å². The van der Waals surface area contributed by atoms with E-state index in [4.69, 9.17) is 9.47 Å². The lowest BCUT2D eigenvalue weighted by atomic mass is 9.91. The van der Waals surface area contributed by atoms with Gasteiger partial charge < -0.3 is 25.2 Å². The molecule has 1 aromatic rings. The van der Waals surface area contributed by atoms with Crippen LogP contribution in [0.25, 0.3) is 0 Å². The number of phenolic OH excluding ortho intramolecular Hbond substituents is 1. The molecule has 1 unspecified atom stereocenters. The van der Waals surface area contributed by atoms with Gasteiger partial charge in [0.25, 0.3) is 0 Å². The van der Waals surface area contributed by atoms with Gasteiger partial charge in [0.1, 0.15) is 0 Å². The molecule has 0 fully saturated rings. The molecule has 0 radical (unpaired) electrons. The van der Waals surface area contributed by atoms with Crippen molar-refractivity contribution >= 4 is 27.9 Å². The van der Waals surface area contributed by atoms with Gasteiger partial charge in [-0.3, -0.25) is 0 Å². The number of esters is 1.